The van der Waals surface area contributed by atoms with Crippen LogP contribution < -0.4 is 0 Å². The van der Waals surface area contributed by atoms with Gasteiger partial charge >= 0.3 is 11.9 Å². The summed E-state index contributed by atoms with van der Waals surface area (Å²) in [5, 5.41) is 0. The van der Waals surface area contributed by atoms with Crippen molar-refractivity contribution in [3.8, 4) is 0 Å². The Labute approximate surface area is 186 Å². The van der Waals surface area contributed by atoms with E-state index in [1.165, 1.54) is 26.0 Å². The van der Waals surface area contributed by atoms with Crippen LogP contribution in [0.5, 0.6) is 0 Å². The topological polar surface area (TPSA) is 86.7 Å². The Morgan fingerprint density at radius 1 is 0.613 bits per heavy atom. The first-order chi connectivity index (χ1) is 14.9. The molecule has 0 bridgehead atoms. The van der Waals surface area contributed by atoms with Crippen molar-refractivity contribution in [2.24, 2.45) is 0 Å². The lowest BCUT2D eigenvalue weighted by atomic mass is 10.1. The highest BCUT2D eigenvalue weighted by Gasteiger charge is 2.10. The number of ketones is 2. The molecular weight excluding hydrogens is 416 g/mol. The van der Waals surface area contributed by atoms with Gasteiger partial charge in [0.15, 0.2) is 11.6 Å². The molecule has 0 aromatic heterocycles. The van der Waals surface area contributed by atoms with Crippen LogP contribution in [-0.2, 0) is 19.1 Å². The zero-order valence-corrected chi connectivity index (χ0v) is 18.5. The summed E-state index contributed by atoms with van der Waals surface area (Å²) in [7, 11) is 2.67. The minimum absolute atomic E-state index is 0.00415. The maximum absolute atomic E-state index is 12.2. The van der Waals surface area contributed by atoms with E-state index in [9.17, 15) is 19.2 Å². The van der Waals surface area contributed by atoms with Crippen molar-refractivity contribution in [2.45, 2.75) is 48.3 Å². The number of carbonyl (C=O) groups is 4. The van der Waals surface area contributed by atoms with Crippen LogP contribution in [0.4, 0.5) is 0 Å². The Kier molecular flexibility index (Phi) is 9.97. The quantitative estimate of drug-likeness (QED) is 0.342. The second kappa shape index (κ2) is 12.7. The van der Waals surface area contributed by atoms with Gasteiger partial charge in [-0.15, -0.1) is 0 Å². The second-order valence-electron chi connectivity index (χ2n) is 6.86. The predicted molar refractivity (Wildman–Crippen MR) is 117 cm³/mol. The first-order valence-corrected chi connectivity index (χ1v) is 10.8. The maximum Gasteiger partial charge on any atom is 0.305 e. The Morgan fingerprint density at radius 3 is 1.29 bits per heavy atom. The fourth-order valence-electron chi connectivity index (χ4n) is 2.83. The Morgan fingerprint density at radius 2 is 0.968 bits per heavy atom. The molecule has 0 radical (unpaired) electrons. The normalized spacial score (nSPS) is 10.4. The van der Waals surface area contributed by atoms with E-state index < -0.39 is 0 Å². The van der Waals surface area contributed by atoms with Crippen molar-refractivity contribution in [3.63, 3.8) is 0 Å². The van der Waals surface area contributed by atoms with Crippen LogP contribution in [0.25, 0.3) is 0 Å². The minimum Gasteiger partial charge on any atom is -0.469 e. The summed E-state index contributed by atoms with van der Waals surface area (Å²) in [5.41, 5.74) is 1.23. The van der Waals surface area contributed by atoms with Gasteiger partial charge in [-0.2, -0.15) is 0 Å². The van der Waals surface area contributed by atoms with E-state index in [0.717, 1.165) is 9.79 Å². The van der Waals surface area contributed by atoms with Crippen LogP contribution in [0, 0.1) is 0 Å². The summed E-state index contributed by atoms with van der Waals surface area (Å²) in [6.45, 7) is 0. The van der Waals surface area contributed by atoms with Crippen LogP contribution in [0.3, 0.4) is 0 Å². The maximum atomic E-state index is 12.2. The molecule has 164 valence electrons. The SMILES string of the molecule is COC(=O)CCCC(=O)c1ccc(Sc2ccc(C(=O)CCCC(=O)OC)cc2)cc1. The number of esters is 2. The van der Waals surface area contributed by atoms with E-state index in [1.807, 2.05) is 24.3 Å². The van der Waals surface area contributed by atoms with Crippen LogP contribution in [0.2, 0.25) is 0 Å². The molecule has 6 nitrogen and oxygen atoms in total. The second-order valence-corrected chi connectivity index (χ2v) is 8.00. The zero-order chi connectivity index (χ0) is 22.6. The molecule has 0 saturated heterocycles. The lowest BCUT2D eigenvalue weighted by molar-refractivity contribution is -0.141. The van der Waals surface area contributed by atoms with Gasteiger partial charge in [0.05, 0.1) is 14.2 Å². The van der Waals surface area contributed by atoms with Crippen molar-refractivity contribution in [3.05, 3.63) is 59.7 Å². The highest BCUT2D eigenvalue weighted by Crippen LogP contribution is 2.28. The van der Waals surface area contributed by atoms with Crippen molar-refractivity contribution in [2.75, 3.05) is 14.2 Å². The number of ether oxygens (including phenoxy) is 2. The van der Waals surface area contributed by atoms with Crippen molar-refractivity contribution >= 4 is 35.3 Å². The van der Waals surface area contributed by atoms with Gasteiger partial charge in [0.25, 0.3) is 0 Å². The number of rotatable bonds is 12. The molecule has 0 aliphatic carbocycles. The lowest BCUT2D eigenvalue weighted by Crippen LogP contribution is -2.03. The molecule has 0 atom stereocenters. The third kappa shape index (κ3) is 8.38. The number of carbonyl (C=O) groups excluding carboxylic acids is 4. The number of hydrogen-bond acceptors (Lipinski definition) is 7. The van der Waals surface area contributed by atoms with Gasteiger partial charge in [0.2, 0.25) is 0 Å². The molecule has 0 unspecified atom stereocenters. The molecule has 2 aromatic carbocycles. The van der Waals surface area contributed by atoms with E-state index in [2.05, 4.69) is 9.47 Å². The molecular formula is C24H26O6S. The smallest absolute Gasteiger partial charge is 0.305 e. The zero-order valence-electron chi connectivity index (χ0n) is 17.7. The van der Waals surface area contributed by atoms with Gasteiger partial charge in [-0.3, -0.25) is 19.2 Å². The summed E-state index contributed by atoms with van der Waals surface area (Å²) in [6, 6.07) is 14.6. The number of hydrogen-bond donors (Lipinski definition) is 0. The molecule has 0 N–H and O–H groups in total. The van der Waals surface area contributed by atoms with Crippen LogP contribution in [-0.4, -0.2) is 37.7 Å². The Hall–Kier alpha value is -2.93. The summed E-state index contributed by atoms with van der Waals surface area (Å²) in [6.07, 6.45) is 2.01. The molecule has 0 fully saturated rings. The third-order valence-electron chi connectivity index (χ3n) is 4.61. The van der Waals surface area contributed by atoms with Crippen LogP contribution in [0.1, 0.15) is 59.2 Å². The molecule has 0 saturated carbocycles. The third-order valence-corrected chi connectivity index (χ3v) is 5.63. The van der Waals surface area contributed by atoms with E-state index in [-0.39, 0.29) is 36.3 Å². The fourth-order valence-corrected chi connectivity index (χ4v) is 3.65. The van der Waals surface area contributed by atoms with Gasteiger partial charge in [-0.25, -0.2) is 0 Å². The average molecular weight is 443 g/mol. The van der Waals surface area contributed by atoms with Crippen molar-refractivity contribution < 1.29 is 28.7 Å². The molecule has 0 aliphatic rings. The van der Waals surface area contributed by atoms with Crippen LogP contribution in [0.15, 0.2) is 58.3 Å². The molecule has 0 amide bonds. The highest BCUT2D eigenvalue weighted by molar-refractivity contribution is 7.99. The van der Waals surface area contributed by atoms with E-state index in [0.29, 0.717) is 36.8 Å². The first kappa shape index (κ1) is 24.3. The van der Waals surface area contributed by atoms with E-state index in [4.69, 9.17) is 0 Å². The minimum atomic E-state index is -0.312. The molecule has 0 heterocycles. The fraction of sp³-hybridized carbons (Fsp3) is 0.333. The largest absolute Gasteiger partial charge is 0.469 e. The van der Waals surface area contributed by atoms with Crippen molar-refractivity contribution in [1.29, 1.82) is 0 Å². The molecule has 2 aromatic rings. The molecule has 0 aliphatic heterocycles. The van der Waals surface area contributed by atoms with Crippen molar-refractivity contribution in [1.82, 2.24) is 0 Å². The summed E-state index contributed by atoms with van der Waals surface area (Å²) < 4.78 is 9.14. The molecule has 2 rings (SSSR count). The molecule has 0 spiro atoms. The van der Waals surface area contributed by atoms with Gasteiger partial charge in [-0.1, -0.05) is 36.0 Å². The van der Waals surface area contributed by atoms with Gasteiger partial charge < -0.3 is 9.47 Å². The lowest BCUT2D eigenvalue weighted by Gasteiger charge is -2.06. The first-order valence-electron chi connectivity index (χ1n) is 10.0. The Balaban J connectivity index is 1.84. The highest BCUT2D eigenvalue weighted by atomic mass is 32.2. The van der Waals surface area contributed by atoms with Gasteiger partial charge in [0, 0.05) is 46.6 Å². The predicted octanol–water partition coefficient (Wildman–Crippen LogP) is 4.89. The standard InChI is InChI=1S/C24H26O6S/c1-29-23(27)7-3-5-21(25)17-9-13-19(14-10-17)31-20-15-11-18(12-16-20)22(26)6-4-8-24(28)30-2/h9-16H,3-8H2,1-2H3. The summed E-state index contributed by atoms with van der Waals surface area (Å²) >= 11 is 1.53. The van der Waals surface area contributed by atoms with E-state index in [1.54, 1.807) is 24.3 Å². The van der Waals surface area contributed by atoms with Gasteiger partial charge in [0.1, 0.15) is 0 Å². The average Bonchev–Trinajstić information content (AvgIpc) is 2.79. The number of methoxy groups -OCH3 is 2. The van der Waals surface area contributed by atoms with E-state index >= 15 is 0 Å². The van der Waals surface area contributed by atoms with Gasteiger partial charge in [-0.05, 0) is 37.1 Å². The van der Waals surface area contributed by atoms with Crippen LogP contribution >= 0.6 is 11.8 Å². The molecule has 7 heteroatoms. The Bertz CT molecular complexity index is 827. The summed E-state index contributed by atoms with van der Waals surface area (Å²) in [5.74, 6) is -0.632. The summed E-state index contributed by atoms with van der Waals surface area (Å²) in [4.78, 5) is 48.6. The number of Topliss-reactive ketones (excluding diaryl/α,β-unsaturated/α-hetero) is 2. The number of benzene rings is 2. The monoisotopic (exact) mass is 442 g/mol. The molecule has 31 heavy (non-hydrogen) atoms.